The van der Waals surface area contributed by atoms with Gasteiger partial charge < -0.3 is 18.5 Å². The van der Waals surface area contributed by atoms with Gasteiger partial charge in [0.1, 0.15) is 0 Å². The zero-order chi connectivity index (χ0) is 26.8. The van der Waals surface area contributed by atoms with Gasteiger partial charge in [-0.1, -0.05) is 26.2 Å². The largest absolute Gasteiger partial charge is 0.490 e. The molecule has 2 atom stereocenters. The molecule has 1 aromatic carbocycles. The molecule has 0 aliphatic heterocycles. The van der Waals surface area contributed by atoms with Crippen LogP contribution in [0, 0.1) is 28.9 Å². The van der Waals surface area contributed by atoms with E-state index in [-0.39, 0.29) is 29.7 Å². The van der Waals surface area contributed by atoms with Gasteiger partial charge in [0.2, 0.25) is 11.6 Å². The fraction of sp³-hybridized carbons (Fsp3) is 0.786. The monoisotopic (exact) mass is 530 g/mol. The molecule has 2 fully saturated rings. The first-order valence-electron chi connectivity index (χ1n) is 13.3. The molecule has 0 unspecified atom stereocenters. The molecule has 0 amide bonds. The molecule has 0 radical (unpaired) electrons. The van der Waals surface area contributed by atoms with Crippen molar-refractivity contribution in [3.8, 4) is 11.5 Å². The van der Waals surface area contributed by atoms with Crippen LogP contribution in [0.5, 0.6) is 11.5 Å². The molecule has 0 spiro atoms. The predicted octanol–water partition coefficient (Wildman–Crippen LogP) is 8.54. The highest BCUT2D eigenvalue weighted by molar-refractivity contribution is 7.53. The molecular weight excluding hydrogens is 485 g/mol. The minimum atomic E-state index is -3.42. The van der Waals surface area contributed by atoms with E-state index >= 15 is 0 Å². The molecular formula is C28H45F2O5P. The van der Waals surface area contributed by atoms with Gasteiger partial charge in [0.15, 0.2) is 11.5 Å². The summed E-state index contributed by atoms with van der Waals surface area (Å²) in [6.45, 7) is 13.5. The van der Waals surface area contributed by atoms with Crippen LogP contribution in [-0.4, -0.2) is 30.6 Å². The van der Waals surface area contributed by atoms with Crippen LogP contribution in [0.15, 0.2) is 12.1 Å². The van der Waals surface area contributed by atoms with E-state index in [9.17, 15) is 13.3 Å². The van der Waals surface area contributed by atoms with Gasteiger partial charge in [-0.2, -0.15) is 8.78 Å². The number of halogens is 2. The second-order valence-corrected chi connectivity index (χ2v) is 15.1. The third-order valence-electron chi connectivity index (χ3n) is 6.70. The number of hydrogen-bond acceptors (Lipinski definition) is 5. The average molecular weight is 531 g/mol. The highest BCUT2D eigenvalue weighted by Gasteiger charge is 2.40. The van der Waals surface area contributed by atoms with Gasteiger partial charge in [0.05, 0.1) is 30.6 Å². The van der Waals surface area contributed by atoms with Crippen molar-refractivity contribution in [2.75, 3.05) is 19.4 Å². The highest BCUT2D eigenvalue weighted by Crippen LogP contribution is 2.54. The summed E-state index contributed by atoms with van der Waals surface area (Å²) in [4.78, 5) is 0. The zero-order valence-corrected chi connectivity index (χ0v) is 24.0. The van der Waals surface area contributed by atoms with Crippen LogP contribution in [0.25, 0.3) is 0 Å². The standard InChI is InChI=1S/C28H45F2O5P/c1-26(2,3)34-36(31,35-27(4,5)6)15-9-14-32-22-12-13-23(25(30)24(22)29)33-19-28(7)17-20-10-8-11-21(16-20)18-28/h12-13,20-21H,8-11,14-19H2,1-7H3/t20-,21-/m1/s1. The van der Waals surface area contributed by atoms with Gasteiger partial charge in [-0.25, -0.2) is 0 Å². The van der Waals surface area contributed by atoms with E-state index < -0.39 is 30.4 Å². The van der Waals surface area contributed by atoms with Crippen molar-refractivity contribution >= 4 is 7.60 Å². The summed E-state index contributed by atoms with van der Waals surface area (Å²) in [5.41, 5.74) is -1.31. The van der Waals surface area contributed by atoms with Crippen LogP contribution in [0.3, 0.4) is 0 Å². The fourth-order valence-electron chi connectivity index (χ4n) is 5.74. The summed E-state index contributed by atoms with van der Waals surface area (Å²) in [6.07, 6.45) is 7.69. The Morgan fingerprint density at radius 3 is 1.92 bits per heavy atom. The quantitative estimate of drug-likeness (QED) is 0.224. The Morgan fingerprint density at radius 2 is 1.42 bits per heavy atom. The first-order valence-corrected chi connectivity index (χ1v) is 15.0. The van der Waals surface area contributed by atoms with E-state index in [4.69, 9.17) is 18.5 Å². The van der Waals surface area contributed by atoms with Crippen LogP contribution < -0.4 is 9.47 Å². The Morgan fingerprint density at radius 1 is 0.917 bits per heavy atom. The normalized spacial score (nSPS) is 25.0. The van der Waals surface area contributed by atoms with Crippen LogP contribution >= 0.6 is 7.60 Å². The lowest BCUT2D eigenvalue weighted by Crippen LogP contribution is -2.37. The summed E-state index contributed by atoms with van der Waals surface area (Å²) < 4.78 is 65.6. The van der Waals surface area contributed by atoms with Crippen molar-refractivity contribution in [3.63, 3.8) is 0 Å². The molecule has 3 rings (SSSR count). The van der Waals surface area contributed by atoms with E-state index in [0.29, 0.717) is 13.0 Å². The number of ether oxygens (including phenoxy) is 2. The van der Waals surface area contributed by atoms with E-state index in [1.54, 1.807) is 0 Å². The SMILES string of the molecule is CC1(COc2ccc(OCCCP(=O)(OC(C)(C)C)OC(C)(C)C)c(F)c2F)C[C@@H]2CCC[C@H](C2)C1. The second kappa shape index (κ2) is 11.3. The average Bonchev–Trinajstić information content (AvgIpc) is 2.70. The summed E-state index contributed by atoms with van der Waals surface area (Å²) in [6, 6.07) is 2.82. The van der Waals surface area contributed by atoms with Crippen LogP contribution in [0.4, 0.5) is 8.78 Å². The van der Waals surface area contributed by atoms with Crippen molar-refractivity contribution in [3.05, 3.63) is 23.8 Å². The first-order chi connectivity index (χ1) is 16.6. The molecule has 0 N–H and O–H groups in total. The maximum atomic E-state index is 14.8. The van der Waals surface area contributed by atoms with Crippen molar-refractivity contribution in [2.45, 2.75) is 105 Å². The van der Waals surface area contributed by atoms with E-state index in [1.165, 1.54) is 37.8 Å². The lowest BCUT2D eigenvalue weighted by Gasteiger charge is -2.45. The maximum absolute atomic E-state index is 14.8. The van der Waals surface area contributed by atoms with Gasteiger partial charge in [0, 0.05) is 5.41 Å². The molecule has 1 aromatic rings. The molecule has 0 heterocycles. The number of hydrogen-bond donors (Lipinski definition) is 0. The van der Waals surface area contributed by atoms with Gasteiger partial charge in [-0.05, 0) is 91.2 Å². The molecule has 0 saturated heterocycles. The Bertz CT molecular complexity index is 905. The third-order valence-corrected chi connectivity index (χ3v) is 9.22. The zero-order valence-electron chi connectivity index (χ0n) is 23.1. The Kier molecular flexibility index (Phi) is 9.22. The Balaban J connectivity index is 1.54. The molecule has 36 heavy (non-hydrogen) atoms. The fourth-order valence-corrected chi connectivity index (χ4v) is 8.15. The number of fused-ring (bicyclic) bond motifs is 2. The summed E-state index contributed by atoms with van der Waals surface area (Å²) in [5.74, 6) is -0.939. The molecule has 206 valence electrons. The van der Waals surface area contributed by atoms with Crippen molar-refractivity contribution in [1.29, 1.82) is 0 Å². The van der Waals surface area contributed by atoms with Gasteiger partial charge in [-0.15, -0.1) is 0 Å². The van der Waals surface area contributed by atoms with Crippen LogP contribution in [0.2, 0.25) is 0 Å². The van der Waals surface area contributed by atoms with Crippen molar-refractivity contribution in [2.24, 2.45) is 17.3 Å². The lowest BCUT2D eigenvalue weighted by atomic mass is 9.62. The van der Waals surface area contributed by atoms with E-state index in [1.807, 2.05) is 41.5 Å². The second-order valence-electron chi connectivity index (χ2n) is 13.0. The molecule has 0 aromatic heterocycles. The Hall–Kier alpha value is -1.17. The van der Waals surface area contributed by atoms with Gasteiger partial charge in [-0.3, -0.25) is 4.57 Å². The number of benzene rings is 1. The maximum Gasteiger partial charge on any atom is 0.331 e. The molecule has 2 bridgehead atoms. The topological polar surface area (TPSA) is 54.0 Å². The molecule has 5 nitrogen and oxygen atoms in total. The van der Waals surface area contributed by atoms with Gasteiger partial charge in [0.25, 0.3) is 0 Å². The van der Waals surface area contributed by atoms with Crippen molar-refractivity contribution < 1.29 is 31.9 Å². The highest BCUT2D eigenvalue weighted by atomic mass is 31.2. The number of rotatable bonds is 10. The van der Waals surface area contributed by atoms with E-state index in [2.05, 4.69) is 6.92 Å². The first kappa shape index (κ1) is 29.4. The van der Waals surface area contributed by atoms with E-state index in [0.717, 1.165) is 24.7 Å². The van der Waals surface area contributed by atoms with Crippen LogP contribution in [0.1, 0.15) is 93.4 Å². The minimum absolute atomic E-state index is 0.00964. The lowest BCUT2D eigenvalue weighted by molar-refractivity contribution is 0.0284. The molecule has 8 heteroatoms. The molecule has 2 saturated carbocycles. The third kappa shape index (κ3) is 8.70. The predicted molar refractivity (Wildman–Crippen MR) is 139 cm³/mol. The van der Waals surface area contributed by atoms with Crippen molar-refractivity contribution in [1.82, 2.24) is 0 Å². The summed E-state index contributed by atoms with van der Waals surface area (Å²) >= 11 is 0. The Labute approximate surface area is 216 Å². The molecule has 2 aliphatic rings. The minimum Gasteiger partial charge on any atom is -0.490 e. The smallest absolute Gasteiger partial charge is 0.331 e. The van der Waals surface area contributed by atoms with Gasteiger partial charge >= 0.3 is 7.60 Å². The summed E-state index contributed by atoms with van der Waals surface area (Å²) in [5, 5.41) is 0. The van der Waals surface area contributed by atoms with Crippen LogP contribution in [-0.2, 0) is 13.6 Å². The summed E-state index contributed by atoms with van der Waals surface area (Å²) in [7, 11) is -3.42. The molecule has 2 aliphatic carbocycles.